The van der Waals surface area contributed by atoms with Crippen LogP contribution in [0, 0.1) is 6.92 Å². The summed E-state index contributed by atoms with van der Waals surface area (Å²) in [5.74, 6) is 1.99. The number of aromatic nitrogens is 2. The molecule has 2 heterocycles. The van der Waals surface area contributed by atoms with E-state index >= 15 is 0 Å². The minimum atomic E-state index is 0.621. The molecule has 2 aliphatic rings. The van der Waals surface area contributed by atoms with Crippen molar-refractivity contribution < 1.29 is 0 Å². The zero-order valence-corrected chi connectivity index (χ0v) is 13.6. The van der Waals surface area contributed by atoms with Gasteiger partial charge in [-0.2, -0.15) is 0 Å². The normalized spacial score (nSPS) is 18.1. The number of anilines is 3. The van der Waals surface area contributed by atoms with Crippen LogP contribution in [0.1, 0.15) is 18.4 Å². The fourth-order valence-electron chi connectivity index (χ4n) is 3.05. The van der Waals surface area contributed by atoms with Crippen molar-refractivity contribution in [2.75, 3.05) is 41.3 Å². The third-order valence-corrected chi connectivity index (χ3v) is 4.55. The lowest BCUT2D eigenvalue weighted by Gasteiger charge is -2.36. The van der Waals surface area contributed by atoms with Gasteiger partial charge in [-0.1, -0.05) is 12.1 Å². The summed E-state index contributed by atoms with van der Waals surface area (Å²) in [7, 11) is 0. The van der Waals surface area contributed by atoms with Crippen molar-refractivity contribution in [3.8, 4) is 0 Å². The van der Waals surface area contributed by atoms with Crippen molar-refractivity contribution in [2.24, 2.45) is 0 Å². The fraction of sp³-hybridized carbons (Fsp3) is 0.444. The smallest absolute Gasteiger partial charge is 0.134 e. The maximum Gasteiger partial charge on any atom is 0.134 e. The summed E-state index contributed by atoms with van der Waals surface area (Å²) in [5, 5.41) is 3.45. The van der Waals surface area contributed by atoms with Gasteiger partial charge in [0, 0.05) is 44.0 Å². The number of nitrogens with zero attached hydrogens (tertiary/aromatic N) is 4. The summed E-state index contributed by atoms with van der Waals surface area (Å²) in [6, 6.07) is 11.5. The Labute approximate surface area is 137 Å². The van der Waals surface area contributed by atoms with E-state index in [4.69, 9.17) is 0 Å². The molecule has 1 N–H and O–H groups in total. The summed E-state index contributed by atoms with van der Waals surface area (Å²) < 4.78 is 0. The van der Waals surface area contributed by atoms with E-state index in [1.165, 1.54) is 24.1 Å². The molecule has 5 nitrogen and oxygen atoms in total. The molecule has 4 rings (SSSR count). The van der Waals surface area contributed by atoms with Crippen LogP contribution in [0.15, 0.2) is 36.7 Å². The van der Waals surface area contributed by atoms with Crippen molar-refractivity contribution >= 4 is 17.3 Å². The van der Waals surface area contributed by atoms with Gasteiger partial charge in [0.2, 0.25) is 0 Å². The maximum absolute atomic E-state index is 4.46. The zero-order chi connectivity index (χ0) is 15.6. The molecule has 1 aromatic carbocycles. The highest BCUT2D eigenvalue weighted by molar-refractivity contribution is 5.53. The lowest BCUT2D eigenvalue weighted by Crippen LogP contribution is -2.46. The molecule has 23 heavy (non-hydrogen) atoms. The largest absolute Gasteiger partial charge is 0.368 e. The van der Waals surface area contributed by atoms with E-state index < -0.39 is 0 Å². The molecule has 2 aromatic rings. The first-order valence-electron chi connectivity index (χ1n) is 8.43. The molecule has 1 saturated heterocycles. The third kappa shape index (κ3) is 3.38. The quantitative estimate of drug-likeness (QED) is 0.941. The second-order valence-electron chi connectivity index (χ2n) is 6.49. The fourth-order valence-corrected chi connectivity index (χ4v) is 3.05. The van der Waals surface area contributed by atoms with Gasteiger partial charge in [-0.3, -0.25) is 0 Å². The summed E-state index contributed by atoms with van der Waals surface area (Å²) in [4.78, 5) is 13.6. The molecule has 0 amide bonds. The number of aryl methyl sites for hydroxylation is 1. The molecule has 1 saturated carbocycles. The summed E-state index contributed by atoms with van der Waals surface area (Å²) in [6.07, 6.45) is 4.19. The van der Waals surface area contributed by atoms with E-state index in [0.717, 1.165) is 37.8 Å². The molecule has 0 atom stereocenters. The predicted molar refractivity (Wildman–Crippen MR) is 94.3 cm³/mol. The molecule has 2 fully saturated rings. The molecule has 0 bridgehead atoms. The number of nitrogens with one attached hydrogen (secondary N) is 1. The molecule has 0 radical (unpaired) electrons. The van der Waals surface area contributed by atoms with Gasteiger partial charge in [-0.05, 0) is 37.5 Å². The van der Waals surface area contributed by atoms with Gasteiger partial charge in [0.05, 0.1) is 0 Å². The van der Waals surface area contributed by atoms with Crippen LogP contribution in [0.25, 0.3) is 0 Å². The molecule has 120 valence electrons. The second-order valence-corrected chi connectivity index (χ2v) is 6.49. The van der Waals surface area contributed by atoms with Crippen LogP contribution in [-0.2, 0) is 0 Å². The van der Waals surface area contributed by atoms with E-state index in [1.54, 1.807) is 6.33 Å². The number of hydrogen-bond acceptors (Lipinski definition) is 5. The van der Waals surface area contributed by atoms with Crippen molar-refractivity contribution in [1.82, 2.24) is 9.97 Å². The predicted octanol–water partition coefficient (Wildman–Crippen LogP) is 2.69. The van der Waals surface area contributed by atoms with Crippen LogP contribution in [0.2, 0.25) is 0 Å². The molecule has 5 heteroatoms. The van der Waals surface area contributed by atoms with Crippen LogP contribution in [0.5, 0.6) is 0 Å². The standard InChI is InChI=1S/C18H23N5/c1-14-3-2-4-16(11-14)22-7-9-23(10-8-22)18-12-17(19-13-20-18)21-15-5-6-15/h2-4,11-13,15H,5-10H2,1H3,(H,19,20,21). The van der Waals surface area contributed by atoms with Gasteiger partial charge in [-0.15, -0.1) is 0 Å². The van der Waals surface area contributed by atoms with Gasteiger partial charge in [0.15, 0.2) is 0 Å². The number of rotatable bonds is 4. The Morgan fingerprint density at radius 2 is 1.78 bits per heavy atom. The summed E-state index contributed by atoms with van der Waals surface area (Å²) >= 11 is 0. The van der Waals surface area contributed by atoms with Gasteiger partial charge in [0.1, 0.15) is 18.0 Å². The van der Waals surface area contributed by atoms with Crippen molar-refractivity contribution in [3.05, 3.63) is 42.2 Å². The average molecular weight is 309 g/mol. The minimum absolute atomic E-state index is 0.621. The first kappa shape index (κ1) is 14.3. The molecular formula is C18H23N5. The second kappa shape index (κ2) is 6.07. The topological polar surface area (TPSA) is 44.3 Å². The van der Waals surface area contributed by atoms with E-state index in [1.807, 2.05) is 0 Å². The van der Waals surface area contributed by atoms with Crippen LogP contribution >= 0.6 is 0 Å². The minimum Gasteiger partial charge on any atom is -0.368 e. The highest BCUT2D eigenvalue weighted by Gasteiger charge is 2.22. The van der Waals surface area contributed by atoms with Crippen molar-refractivity contribution in [3.63, 3.8) is 0 Å². The third-order valence-electron chi connectivity index (χ3n) is 4.55. The molecule has 1 aliphatic heterocycles. The average Bonchev–Trinajstić information content (AvgIpc) is 3.39. The van der Waals surface area contributed by atoms with Crippen molar-refractivity contribution in [1.29, 1.82) is 0 Å². The van der Waals surface area contributed by atoms with E-state index in [-0.39, 0.29) is 0 Å². The monoisotopic (exact) mass is 309 g/mol. The van der Waals surface area contributed by atoms with Crippen LogP contribution in [-0.4, -0.2) is 42.2 Å². The highest BCUT2D eigenvalue weighted by Crippen LogP contribution is 2.25. The molecular weight excluding hydrogens is 286 g/mol. The SMILES string of the molecule is Cc1cccc(N2CCN(c3cc(NC4CC4)ncn3)CC2)c1. The molecule has 0 spiro atoms. The highest BCUT2D eigenvalue weighted by atomic mass is 15.3. The van der Waals surface area contributed by atoms with Gasteiger partial charge >= 0.3 is 0 Å². The summed E-state index contributed by atoms with van der Waals surface area (Å²) in [5.41, 5.74) is 2.64. The maximum atomic E-state index is 4.46. The zero-order valence-electron chi connectivity index (χ0n) is 13.6. The first-order chi connectivity index (χ1) is 11.3. The Hall–Kier alpha value is -2.30. The Morgan fingerprint density at radius 3 is 2.52 bits per heavy atom. The van der Waals surface area contributed by atoms with Gasteiger partial charge in [0.25, 0.3) is 0 Å². The number of benzene rings is 1. The Morgan fingerprint density at radius 1 is 1.00 bits per heavy atom. The Balaban J connectivity index is 1.41. The molecule has 1 aromatic heterocycles. The lowest BCUT2D eigenvalue weighted by molar-refractivity contribution is 0.646. The van der Waals surface area contributed by atoms with Crippen LogP contribution < -0.4 is 15.1 Å². The molecule has 0 unspecified atom stereocenters. The van der Waals surface area contributed by atoms with E-state index in [0.29, 0.717) is 6.04 Å². The summed E-state index contributed by atoms with van der Waals surface area (Å²) in [6.45, 7) is 6.19. The van der Waals surface area contributed by atoms with E-state index in [9.17, 15) is 0 Å². The molecule has 1 aliphatic carbocycles. The number of piperazine rings is 1. The first-order valence-corrected chi connectivity index (χ1v) is 8.43. The van der Waals surface area contributed by atoms with Crippen LogP contribution in [0.3, 0.4) is 0 Å². The van der Waals surface area contributed by atoms with Gasteiger partial charge in [-0.25, -0.2) is 9.97 Å². The Kier molecular flexibility index (Phi) is 3.77. The lowest BCUT2D eigenvalue weighted by atomic mass is 10.2. The van der Waals surface area contributed by atoms with Gasteiger partial charge < -0.3 is 15.1 Å². The van der Waals surface area contributed by atoms with Crippen molar-refractivity contribution in [2.45, 2.75) is 25.8 Å². The number of hydrogen-bond donors (Lipinski definition) is 1. The van der Waals surface area contributed by atoms with E-state index in [2.05, 4.69) is 62.3 Å². The van der Waals surface area contributed by atoms with Crippen LogP contribution in [0.4, 0.5) is 17.3 Å². The Bertz CT molecular complexity index is 675.